The summed E-state index contributed by atoms with van der Waals surface area (Å²) in [6, 6.07) is 9.19. The molecule has 0 radical (unpaired) electrons. The second-order valence-electron chi connectivity index (χ2n) is 4.79. The summed E-state index contributed by atoms with van der Waals surface area (Å²) < 4.78 is 11.5. The number of nitrogens with one attached hydrogen (secondary N) is 2. The van der Waals surface area contributed by atoms with Crippen LogP contribution in [0.3, 0.4) is 0 Å². The topological polar surface area (TPSA) is 79.5 Å². The molecule has 110 valence electrons. The van der Waals surface area contributed by atoms with E-state index in [1.165, 1.54) is 0 Å². The van der Waals surface area contributed by atoms with Crippen molar-refractivity contribution in [2.45, 2.75) is 0 Å². The minimum Gasteiger partial charge on any atom is -0.454 e. The van der Waals surface area contributed by atoms with E-state index in [0.717, 1.165) is 32.5 Å². The van der Waals surface area contributed by atoms with Gasteiger partial charge in [-0.1, -0.05) is 0 Å². The molecular weight excluding hydrogens is 350 g/mol. The largest absolute Gasteiger partial charge is 0.454 e. The molecule has 0 fully saturated rings. The van der Waals surface area contributed by atoms with E-state index in [-0.39, 0.29) is 12.5 Å². The van der Waals surface area contributed by atoms with Crippen LogP contribution in [0.5, 0.6) is 11.5 Å². The summed E-state index contributed by atoms with van der Waals surface area (Å²) in [7, 11) is 0. The summed E-state index contributed by atoms with van der Waals surface area (Å²) in [5, 5.41) is 0. The number of aliphatic imine (C=N–C) groups is 1. The molecule has 0 aliphatic carbocycles. The van der Waals surface area contributed by atoms with E-state index in [4.69, 9.17) is 9.47 Å². The first-order chi connectivity index (χ1) is 10.7. The van der Waals surface area contributed by atoms with Crippen LogP contribution in [0.4, 0.5) is 5.69 Å². The number of hydrogen-bond acceptors (Lipinski definition) is 4. The van der Waals surface area contributed by atoms with E-state index in [2.05, 4.69) is 30.9 Å². The molecule has 0 bridgehead atoms. The second-order valence-corrected chi connectivity index (χ2v) is 5.65. The van der Waals surface area contributed by atoms with E-state index in [0.29, 0.717) is 5.75 Å². The Morgan fingerprint density at radius 3 is 2.73 bits per heavy atom. The molecule has 1 aromatic heterocycles. The van der Waals surface area contributed by atoms with Crippen LogP contribution in [0.1, 0.15) is 5.56 Å². The molecule has 3 aromatic rings. The molecule has 0 amide bonds. The maximum atomic E-state index is 11.3. The highest BCUT2D eigenvalue weighted by atomic mass is 79.9. The highest BCUT2D eigenvalue weighted by Crippen LogP contribution is 2.36. The molecule has 0 saturated carbocycles. The summed E-state index contributed by atoms with van der Waals surface area (Å²) in [5.41, 5.74) is 2.88. The number of fused-ring (bicyclic) bond motifs is 2. The number of hydrogen-bond donors (Lipinski definition) is 2. The normalized spacial score (nSPS) is 13.3. The van der Waals surface area contributed by atoms with Gasteiger partial charge in [0.1, 0.15) is 0 Å². The highest BCUT2D eigenvalue weighted by Gasteiger charge is 2.15. The summed E-state index contributed by atoms with van der Waals surface area (Å²) in [6.45, 7) is 0.236. The number of rotatable bonds is 2. The van der Waals surface area contributed by atoms with Crippen LogP contribution in [0.2, 0.25) is 0 Å². The van der Waals surface area contributed by atoms with Gasteiger partial charge in [-0.15, -0.1) is 0 Å². The van der Waals surface area contributed by atoms with Crippen LogP contribution in [0, 0.1) is 0 Å². The van der Waals surface area contributed by atoms with E-state index in [1.54, 1.807) is 6.21 Å². The SMILES string of the molecule is O=c1[nH]c2ccc(N=Cc3cc4c(cc3Br)OCO4)cc2[nH]1. The van der Waals surface area contributed by atoms with Gasteiger partial charge in [0.25, 0.3) is 0 Å². The molecule has 2 heterocycles. The van der Waals surface area contributed by atoms with Gasteiger partial charge in [-0.25, -0.2) is 4.79 Å². The van der Waals surface area contributed by atoms with Crippen molar-refractivity contribution in [1.29, 1.82) is 0 Å². The van der Waals surface area contributed by atoms with E-state index >= 15 is 0 Å². The van der Waals surface area contributed by atoms with Gasteiger partial charge in [-0.05, 0) is 46.3 Å². The summed E-state index contributed by atoms with van der Waals surface area (Å²) in [4.78, 5) is 21.1. The van der Waals surface area contributed by atoms with Crippen molar-refractivity contribution in [2.24, 2.45) is 4.99 Å². The van der Waals surface area contributed by atoms with Gasteiger partial charge in [0.15, 0.2) is 11.5 Å². The lowest BCUT2D eigenvalue weighted by Gasteiger charge is -2.01. The number of aromatic amines is 2. The molecule has 0 unspecified atom stereocenters. The fraction of sp³-hybridized carbons (Fsp3) is 0.0667. The van der Waals surface area contributed by atoms with Crippen LogP contribution in [-0.2, 0) is 0 Å². The van der Waals surface area contributed by atoms with Crippen molar-refractivity contribution < 1.29 is 9.47 Å². The lowest BCUT2D eigenvalue weighted by atomic mass is 10.2. The first-order valence-corrected chi connectivity index (χ1v) is 7.33. The quantitative estimate of drug-likeness (QED) is 0.690. The molecule has 2 N–H and O–H groups in total. The zero-order valence-electron chi connectivity index (χ0n) is 11.2. The minimum atomic E-state index is -0.227. The lowest BCUT2D eigenvalue weighted by molar-refractivity contribution is 0.174. The van der Waals surface area contributed by atoms with Crippen LogP contribution >= 0.6 is 15.9 Å². The number of nitrogens with zero attached hydrogens (tertiary/aromatic N) is 1. The fourth-order valence-corrected chi connectivity index (χ4v) is 2.70. The third-order valence-corrected chi connectivity index (χ3v) is 4.03. The monoisotopic (exact) mass is 359 g/mol. The highest BCUT2D eigenvalue weighted by molar-refractivity contribution is 9.10. The van der Waals surface area contributed by atoms with Gasteiger partial charge in [0, 0.05) is 16.3 Å². The molecule has 1 aliphatic heterocycles. The first-order valence-electron chi connectivity index (χ1n) is 6.54. The van der Waals surface area contributed by atoms with Gasteiger partial charge >= 0.3 is 5.69 Å². The number of ether oxygens (including phenoxy) is 2. The third kappa shape index (κ3) is 2.29. The van der Waals surface area contributed by atoms with Crippen molar-refractivity contribution >= 4 is 38.9 Å². The zero-order valence-corrected chi connectivity index (χ0v) is 12.8. The number of aromatic nitrogens is 2. The first kappa shape index (κ1) is 13.1. The molecule has 2 aromatic carbocycles. The Balaban J connectivity index is 1.69. The predicted octanol–water partition coefficient (Wildman–Crippen LogP) is 3.10. The molecule has 7 heteroatoms. The fourth-order valence-electron chi connectivity index (χ4n) is 2.28. The van der Waals surface area contributed by atoms with Crippen molar-refractivity contribution in [3.8, 4) is 11.5 Å². The molecule has 22 heavy (non-hydrogen) atoms. The average molecular weight is 360 g/mol. The molecule has 0 spiro atoms. The predicted molar refractivity (Wildman–Crippen MR) is 86.4 cm³/mol. The Labute approximate surface area is 132 Å². The summed E-state index contributed by atoms with van der Waals surface area (Å²) in [5.74, 6) is 1.42. The minimum absolute atomic E-state index is 0.227. The average Bonchev–Trinajstić information content (AvgIpc) is 3.08. The third-order valence-electron chi connectivity index (χ3n) is 3.34. The Kier molecular flexibility index (Phi) is 3.00. The maximum absolute atomic E-state index is 11.3. The number of imidazole rings is 1. The van der Waals surface area contributed by atoms with E-state index in [9.17, 15) is 4.79 Å². The Morgan fingerprint density at radius 2 is 1.86 bits per heavy atom. The Bertz CT molecular complexity index is 958. The van der Waals surface area contributed by atoms with Crippen LogP contribution < -0.4 is 15.2 Å². The van der Waals surface area contributed by atoms with Gasteiger partial charge in [-0.3, -0.25) is 4.99 Å². The van der Waals surface area contributed by atoms with Crippen LogP contribution in [0.25, 0.3) is 11.0 Å². The van der Waals surface area contributed by atoms with Crippen molar-refractivity contribution in [3.05, 3.63) is 50.9 Å². The van der Waals surface area contributed by atoms with Gasteiger partial charge in [0.05, 0.1) is 16.7 Å². The van der Waals surface area contributed by atoms with Gasteiger partial charge in [-0.2, -0.15) is 0 Å². The lowest BCUT2D eigenvalue weighted by Crippen LogP contribution is -1.99. The summed E-state index contributed by atoms with van der Waals surface area (Å²) >= 11 is 3.49. The van der Waals surface area contributed by atoms with Crippen LogP contribution in [-0.4, -0.2) is 23.0 Å². The Morgan fingerprint density at radius 1 is 1.09 bits per heavy atom. The Hall–Kier alpha value is -2.54. The maximum Gasteiger partial charge on any atom is 0.323 e. The van der Waals surface area contributed by atoms with Gasteiger partial charge < -0.3 is 19.4 Å². The van der Waals surface area contributed by atoms with E-state index in [1.807, 2.05) is 30.3 Å². The van der Waals surface area contributed by atoms with E-state index < -0.39 is 0 Å². The molecule has 0 saturated heterocycles. The summed E-state index contributed by atoms with van der Waals surface area (Å²) in [6.07, 6.45) is 1.73. The van der Waals surface area contributed by atoms with Crippen molar-refractivity contribution in [1.82, 2.24) is 9.97 Å². The number of halogens is 1. The second kappa shape index (κ2) is 5.03. The van der Waals surface area contributed by atoms with Crippen LogP contribution in [0.15, 0.2) is 44.6 Å². The standard InChI is InChI=1S/C15H10BrN3O3/c16-10-5-14-13(21-7-22-14)3-8(10)6-17-9-1-2-11-12(4-9)19-15(20)18-11/h1-6H,7H2,(H2,18,19,20). The molecular formula is C15H10BrN3O3. The molecule has 4 rings (SSSR count). The van der Waals surface area contributed by atoms with Crippen molar-refractivity contribution in [2.75, 3.05) is 6.79 Å². The molecule has 1 aliphatic rings. The number of benzene rings is 2. The molecule has 6 nitrogen and oxygen atoms in total. The van der Waals surface area contributed by atoms with Crippen molar-refractivity contribution in [3.63, 3.8) is 0 Å². The van der Waals surface area contributed by atoms with Gasteiger partial charge in [0.2, 0.25) is 6.79 Å². The number of H-pyrrole nitrogens is 2. The molecule has 0 atom stereocenters. The zero-order chi connectivity index (χ0) is 15.1. The smallest absolute Gasteiger partial charge is 0.323 e.